The standard InChI is InChI=1S/C21H34N2O4/c1-5-8-9-10-13-22-17-11-12-18(21(25)27-7-3)19(15-17)23(4)20(24)16-26-14-6-2/h11-12,15,22H,5-10,13-14,16H2,1-4H3. The Kier molecular flexibility index (Phi) is 11.2. The van der Waals surface area contributed by atoms with Gasteiger partial charge in [-0.2, -0.15) is 0 Å². The Balaban J connectivity index is 2.91. The van der Waals surface area contributed by atoms with Crippen molar-refractivity contribution >= 4 is 23.3 Å². The van der Waals surface area contributed by atoms with Gasteiger partial charge in [0.15, 0.2) is 0 Å². The van der Waals surface area contributed by atoms with Gasteiger partial charge in [-0.1, -0.05) is 33.1 Å². The molecule has 0 heterocycles. The summed E-state index contributed by atoms with van der Waals surface area (Å²) in [5.74, 6) is -0.634. The Morgan fingerprint density at radius 3 is 2.52 bits per heavy atom. The van der Waals surface area contributed by atoms with Crippen LogP contribution in [0.2, 0.25) is 0 Å². The van der Waals surface area contributed by atoms with Crippen LogP contribution in [0, 0.1) is 0 Å². The van der Waals surface area contributed by atoms with E-state index in [1.165, 1.54) is 24.2 Å². The van der Waals surface area contributed by atoms with E-state index in [2.05, 4.69) is 12.2 Å². The molecule has 27 heavy (non-hydrogen) atoms. The molecule has 0 saturated heterocycles. The molecule has 0 radical (unpaired) electrons. The largest absolute Gasteiger partial charge is 0.462 e. The Hall–Kier alpha value is -2.08. The second-order valence-electron chi connectivity index (χ2n) is 6.45. The molecule has 152 valence electrons. The Morgan fingerprint density at radius 1 is 1.07 bits per heavy atom. The summed E-state index contributed by atoms with van der Waals surface area (Å²) in [4.78, 5) is 26.2. The first-order valence-corrected chi connectivity index (χ1v) is 9.94. The number of unbranched alkanes of at least 4 members (excludes halogenated alkanes) is 3. The lowest BCUT2D eigenvalue weighted by molar-refractivity contribution is -0.122. The number of anilines is 2. The molecular weight excluding hydrogens is 344 g/mol. The summed E-state index contributed by atoms with van der Waals surface area (Å²) in [6.45, 7) is 7.60. The topological polar surface area (TPSA) is 67.9 Å². The third-order valence-corrected chi connectivity index (χ3v) is 4.16. The monoisotopic (exact) mass is 378 g/mol. The molecule has 0 fully saturated rings. The van der Waals surface area contributed by atoms with Crippen molar-refractivity contribution in [1.29, 1.82) is 0 Å². The third kappa shape index (κ3) is 7.99. The zero-order valence-electron chi connectivity index (χ0n) is 17.2. The Labute approximate surface area is 163 Å². The van der Waals surface area contributed by atoms with E-state index in [9.17, 15) is 9.59 Å². The number of carbonyl (C=O) groups excluding carboxylic acids is 2. The summed E-state index contributed by atoms with van der Waals surface area (Å²) in [7, 11) is 1.65. The Bertz CT molecular complexity index is 590. The number of carbonyl (C=O) groups is 2. The van der Waals surface area contributed by atoms with Gasteiger partial charge in [0.2, 0.25) is 0 Å². The maximum atomic E-state index is 12.4. The molecule has 1 N–H and O–H groups in total. The van der Waals surface area contributed by atoms with Crippen LogP contribution in [0.1, 0.15) is 63.2 Å². The van der Waals surface area contributed by atoms with Gasteiger partial charge in [0.25, 0.3) is 5.91 Å². The van der Waals surface area contributed by atoms with Crippen molar-refractivity contribution in [3.05, 3.63) is 23.8 Å². The molecule has 1 aromatic carbocycles. The van der Waals surface area contributed by atoms with Crippen LogP contribution in [0.15, 0.2) is 18.2 Å². The van der Waals surface area contributed by atoms with Crippen molar-refractivity contribution in [2.45, 2.75) is 52.9 Å². The summed E-state index contributed by atoms with van der Waals surface area (Å²) in [5.41, 5.74) is 1.78. The van der Waals surface area contributed by atoms with Gasteiger partial charge < -0.3 is 19.7 Å². The fourth-order valence-corrected chi connectivity index (χ4v) is 2.62. The zero-order chi connectivity index (χ0) is 20.1. The van der Waals surface area contributed by atoms with E-state index in [0.717, 1.165) is 25.1 Å². The van der Waals surface area contributed by atoms with Crippen molar-refractivity contribution in [2.24, 2.45) is 0 Å². The molecule has 0 aromatic heterocycles. The third-order valence-electron chi connectivity index (χ3n) is 4.16. The van der Waals surface area contributed by atoms with E-state index < -0.39 is 5.97 Å². The van der Waals surface area contributed by atoms with Crippen molar-refractivity contribution < 1.29 is 19.1 Å². The fourth-order valence-electron chi connectivity index (χ4n) is 2.62. The highest BCUT2D eigenvalue weighted by molar-refractivity contribution is 6.03. The number of hydrogen-bond donors (Lipinski definition) is 1. The van der Waals surface area contributed by atoms with Gasteiger partial charge in [-0.25, -0.2) is 4.79 Å². The van der Waals surface area contributed by atoms with Crippen LogP contribution in [0.5, 0.6) is 0 Å². The highest BCUT2D eigenvalue weighted by Crippen LogP contribution is 2.25. The normalized spacial score (nSPS) is 10.5. The van der Waals surface area contributed by atoms with E-state index in [0.29, 0.717) is 17.9 Å². The number of ether oxygens (including phenoxy) is 2. The van der Waals surface area contributed by atoms with Crippen LogP contribution >= 0.6 is 0 Å². The highest BCUT2D eigenvalue weighted by Gasteiger charge is 2.20. The number of nitrogens with zero attached hydrogens (tertiary/aromatic N) is 1. The fraction of sp³-hybridized carbons (Fsp3) is 0.619. The number of amides is 1. The van der Waals surface area contributed by atoms with E-state index >= 15 is 0 Å². The minimum atomic E-state index is -0.434. The average molecular weight is 379 g/mol. The first-order chi connectivity index (χ1) is 13.0. The van der Waals surface area contributed by atoms with Gasteiger partial charge in [0, 0.05) is 25.9 Å². The van der Waals surface area contributed by atoms with E-state index in [1.807, 2.05) is 19.1 Å². The number of likely N-dealkylation sites (N-methyl/N-ethyl adjacent to an activating group) is 1. The van der Waals surface area contributed by atoms with Crippen molar-refractivity contribution in [2.75, 3.05) is 43.6 Å². The first kappa shape index (κ1) is 23.0. The lowest BCUT2D eigenvalue weighted by atomic mass is 10.1. The van der Waals surface area contributed by atoms with Crippen LogP contribution in [-0.4, -0.2) is 45.3 Å². The smallest absolute Gasteiger partial charge is 0.340 e. The molecule has 6 nitrogen and oxygen atoms in total. The van der Waals surface area contributed by atoms with Crippen molar-refractivity contribution in [3.8, 4) is 0 Å². The molecule has 0 spiro atoms. The molecule has 0 saturated carbocycles. The maximum absolute atomic E-state index is 12.4. The molecule has 1 aromatic rings. The van der Waals surface area contributed by atoms with Gasteiger partial charge in [-0.3, -0.25) is 4.79 Å². The summed E-state index contributed by atoms with van der Waals surface area (Å²) in [6, 6.07) is 5.38. The molecule has 0 unspecified atom stereocenters. The van der Waals surface area contributed by atoms with Gasteiger partial charge in [-0.15, -0.1) is 0 Å². The summed E-state index contributed by atoms with van der Waals surface area (Å²) >= 11 is 0. The number of nitrogens with one attached hydrogen (secondary N) is 1. The van der Waals surface area contributed by atoms with Crippen LogP contribution in [0.25, 0.3) is 0 Å². The van der Waals surface area contributed by atoms with Gasteiger partial charge in [-0.05, 0) is 38.0 Å². The molecule has 0 aliphatic carbocycles. The first-order valence-electron chi connectivity index (χ1n) is 9.94. The predicted molar refractivity (Wildman–Crippen MR) is 110 cm³/mol. The number of hydrogen-bond acceptors (Lipinski definition) is 5. The Morgan fingerprint density at radius 2 is 1.85 bits per heavy atom. The summed E-state index contributed by atoms with van der Waals surface area (Å²) in [6.07, 6.45) is 5.55. The second-order valence-corrected chi connectivity index (χ2v) is 6.45. The summed E-state index contributed by atoms with van der Waals surface area (Å²) < 4.78 is 10.5. The second kappa shape index (κ2) is 13.1. The number of esters is 1. The van der Waals surface area contributed by atoms with Crippen molar-refractivity contribution in [1.82, 2.24) is 0 Å². The molecule has 0 aliphatic heterocycles. The van der Waals surface area contributed by atoms with E-state index in [1.54, 1.807) is 20.0 Å². The predicted octanol–water partition coefficient (Wildman–Crippen LogP) is 4.24. The average Bonchev–Trinajstić information content (AvgIpc) is 2.67. The summed E-state index contributed by atoms with van der Waals surface area (Å²) in [5, 5.41) is 3.37. The quantitative estimate of drug-likeness (QED) is 0.411. The van der Waals surface area contributed by atoms with Crippen LogP contribution in [0.3, 0.4) is 0 Å². The molecule has 0 aliphatic rings. The minimum Gasteiger partial charge on any atom is -0.462 e. The maximum Gasteiger partial charge on any atom is 0.340 e. The lowest BCUT2D eigenvalue weighted by Crippen LogP contribution is -2.31. The van der Waals surface area contributed by atoms with Crippen LogP contribution < -0.4 is 10.2 Å². The molecular formula is C21H34N2O4. The van der Waals surface area contributed by atoms with Gasteiger partial charge >= 0.3 is 5.97 Å². The molecule has 1 rings (SSSR count). The van der Waals surface area contributed by atoms with E-state index in [4.69, 9.17) is 9.47 Å². The highest BCUT2D eigenvalue weighted by atomic mass is 16.5. The molecule has 0 atom stereocenters. The van der Waals surface area contributed by atoms with E-state index in [-0.39, 0.29) is 19.1 Å². The lowest BCUT2D eigenvalue weighted by Gasteiger charge is -2.21. The molecule has 6 heteroatoms. The number of rotatable bonds is 13. The molecule has 1 amide bonds. The number of benzene rings is 1. The van der Waals surface area contributed by atoms with Gasteiger partial charge in [0.05, 0.1) is 17.9 Å². The van der Waals surface area contributed by atoms with Crippen molar-refractivity contribution in [3.63, 3.8) is 0 Å². The zero-order valence-corrected chi connectivity index (χ0v) is 17.2. The van der Waals surface area contributed by atoms with Crippen LogP contribution in [0.4, 0.5) is 11.4 Å². The van der Waals surface area contributed by atoms with Crippen LogP contribution in [-0.2, 0) is 14.3 Å². The van der Waals surface area contributed by atoms with Gasteiger partial charge in [0.1, 0.15) is 6.61 Å². The SMILES string of the molecule is CCCCCCNc1ccc(C(=O)OCC)c(N(C)C(=O)COCCC)c1. The minimum absolute atomic E-state index is 0.0126. The molecule has 0 bridgehead atoms.